The van der Waals surface area contributed by atoms with Gasteiger partial charge in [0.25, 0.3) is 5.91 Å². The highest BCUT2D eigenvalue weighted by Crippen LogP contribution is 2.24. The number of hydrogen-bond acceptors (Lipinski definition) is 3. The minimum absolute atomic E-state index is 0.0305. The van der Waals surface area contributed by atoms with Gasteiger partial charge in [0, 0.05) is 46.0 Å². The minimum atomic E-state index is 0.0305. The highest BCUT2D eigenvalue weighted by Gasteiger charge is 2.26. The molecule has 1 aliphatic heterocycles. The van der Waals surface area contributed by atoms with E-state index in [9.17, 15) is 4.79 Å². The van der Waals surface area contributed by atoms with E-state index in [2.05, 4.69) is 48.2 Å². The fourth-order valence-electron chi connectivity index (χ4n) is 4.38. The molecule has 0 saturated carbocycles. The van der Waals surface area contributed by atoms with Gasteiger partial charge in [0.2, 0.25) is 0 Å². The van der Waals surface area contributed by atoms with Crippen molar-refractivity contribution in [3.63, 3.8) is 0 Å². The van der Waals surface area contributed by atoms with Crippen molar-refractivity contribution in [1.82, 2.24) is 24.1 Å². The largest absolute Gasteiger partial charge is 0.349 e. The van der Waals surface area contributed by atoms with Gasteiger partial charge in [0.15, 0.2) is 0 Å². The van der Waals surface area contributed by atoms with E-state index in [0.29, 0.717) is 18.8 Å². The van der Waals surface area contributed by atoms with Gasteiger partial charge in [0.05, 0.1) is 11.4 Å². The van der Waals surface area contributed by atoms with Crippen LogP contribution in [0.5, 0.6) is 0 Å². The first kappa shape index (κ1) is 21.2. The second-order valence-electron chi connectivity index (χ2n) is 8.72. The molecule has 1 fully saturated rings. The maximum Gasteiger partial charge on any atom is 0.272 e. The Balaban J connectivity index is 1.38. The van der Waals surface area contributed by atoms with Crippen LogP contribution >= 0.6 is 0 Å². The molecule has 0 N–H and O–H groups in total. The lowest BCUT2D eigenvalue weighted by Gasteiger charge is -2.34. The molecule has 6 nitrogen and oxygen atoms in total. The van der Waals surface area contributed by atoms with E-state index in [1.54, 1.807) is 4.68 Å². The Bertz CT molecular complexity index is 1230. The molecule has 0 aliphatic carbocycles. The van der Waals surface area contributed by atoms with Crippen molar-refractivity contribution in [2.24, 2.45) is 7.05 Å². The van der Waals surface area contributed by atoms with Gasteiger partial charge in [-0.3, -0.25) is 9.69 Å². The lowest BCUT2D eigenvalue weighted by molar-refractivity contribution is 0.0619. The lowest BCUT2D eigenvalue weighted by atomic mass is 10.2. The summed E-state index contributed by atoms with van der Waals surface area (Å²) in [5.41, 5.74) is 5.77. The average molecular weight is 440 g/mol. The predicted molar refractivity (Wildman–Crippen MR) is 130 cm³/mol. The average Bonchev–Trinajstić information content (AvgIpc) is 3.46. The summed E-state index contributed by atoms with van der Waals surface area (Å²) in [6.45, 7) is 6.13. The molecule has 0 bridgehead atoms. The molecule has 1 saturated heterocycles. The topological polar surface area (TPSA) is 46.3 Å². The van der Waals surface area contributed by atoms with Crippen molar-refractivity contribution < 1.29 is 4.79 Å². The number of carbonyl (C=O) groups is 1. The molecule has 0 atom stereocenters. The Labute approximate surface area is 194 Å². The van der Waals surface area contributed by atoms with E-state index < -0.39 is 0 Å². The third-order valence-corrected chi connectivity index (χ3v) is 6.32. The number of amides is 1. The maximum atomic E-state index is 13.6. The number of carbonyl (C=O) groups excluding carboxylic acids is 1. The van der Waals surface area contributed by atoms with Crippen LogP contribution in [0.1, 0.15) is 21.6 Å². The molecule has 3 heterocycles. The van der Waals surface area contributed by atoms with Crippen molar-refractivity contribution in [2.45, 2.75) is 13.5 Å². The van der Waals surface area contributed by atoms with Crippen molar-refractivity contribution in [3.8, 4) is 17.1 Å². The number of aryl methyl sites for hydroxylation is 2. The van der Waals surface area contributed by atoms with E-state index in [1.807, 2.05) is 59.1 Å². The zero-order chi connectivity index (χ0) is 22.8. The van der Waals surface area contributed by atoms with Crippen LogP contribution in [0.3, 0.4) is 0 Å². The van der Waals surface area contributed by atoms with Crippen LogP contribution in [0.25, 0.3) is 17.1 Å². The van der Waals surface area contributed by atoms with Gasteiger partial charge in [-0.15, -0.1) is 0 Å². The first-order chi connectivity index (χ1) is 16.1. The highest BCUT2D eigenvalue weighted by molar-refractivity contribution is 5.94. The van der Waals surface area contributed by atoms with E-state index in [4.69, 9.17) is 5.10 Å². The standard InChI is InChI=1S/C27H29N5O/c1-21-10-12-23(13-11-21)32-26(19-24(28-32)25-9-6-14-29(25)2)27(33)31-17-15-30(16-18-31)20-22-7-4-3-5-8-22/h3-14,19H,15-18,20H2,1-2H3. The third kappa shape index (κ3) is 4.47. The van der Waals surface area contributed by atoms with Crippen LogP contribution in [0, 0.1) is 6.92 Å². The summed E-state index contributed by atoms with van der Waals surface area (Å²) < 4.78 is 3.82. The normalized spacial score (nSPS) is 14.5. The smallest absolute Gasteiger partial charge is 0.272 e. The summed E-state index contributed by atoms with van der Waals surface area (Å²) in [7, 11) is 1.99. The van der Waals surface area contributed by atoms with Crippen LogP contribution in [-0.4, -0.2) is 56.2 Å². The Morgan fingerprint density at radius 1 is 0.909 bits per heavy atom. The molecule has 0 radical (unpaired) electrons. The summed E-state index contributed by atoms with van der Waals surface area (Å²) >= 11 is 0. The molecule has 33 heavy (non-hydrogen) atoms. The number of aromatic nitrogens is 3. The number of rotatable bonds is 5. The SMILES string of the molecule is Cc1ccc(-n2nc(-c3cccn3C)cc2C(=O)N2CCN(Cc3ccccc3)CC2)cc1. The Hall–Kier alpha value is -3.64. The molecule has 1 aliphatic rings. The summed E-state index contributed by atoms with van der Waals surface area (Å²) in [4.78, 5) is 18.0. The summed E-state index contributed by atoms with van der Waals surface area (Å²) in [6, 6.07) is 24.6. The van der Waals surface area contributed by atoms with Crippen LogP contribution in [0.4, 0.5) is 0 Å². The van der Waals surface area contributed by atoms with Gasteiger partial charge >= 0.3 is 0 Å². The predicted octanol–water partition coefficient (Wildman–Crippen LogP) is 4.14. The molecule has 2 aromatic carbocycles. The molecule has 0 spiro atoms. The molecule has 6 heteroatoms. The number of hydrogen-bond donors (Lipinski definition) is 0. The Kier molecular flexibility index (Phi) is 5.84. The zero-order valence-electron chi connectivity index (χ0n) is 19.2. The van der Waals surface area contributed by atoms with Crippen LogP contribution in [0.15, 0.2) is 79.0 Å². The summed E-state index contributed by atoms with van der Waals surface area (Å²) in [5.74, 6) is 0.0305. The quantitative estimate of drug-likeness (QED) is 0.469. The Morgan fingerprint density at radius 3 is 2.30 bits per heavy atom. The molecule has 1 amide bonds. The van der Waals surface area contributed by atoms with E-state index >= 15 is 0 Å². The molecule has 4 aromatic rings. The molecular weight excluding hydrogens is 410 g/mol. The Morgan fingerprint density at radius 2 is 1.64 bits per heavy atom. The molecule has 5 rings (SSSR count). The molecule has 0 unspecified atom stereocenters. The molecule has 168 valence electrons. The minimum Gasteiger partial charge on any atom is -0.349 e. The van der Waals surface area contributed by atoms with Gasteiger partial charge in [-0.1, -0.05) is 48.0 Å². The second-order valence-corrected chi connectivity index (χ2v) is 8.72. The van der Waals surface area contributed by atoms with E-state index in [1.165, 1.54) is 11.1 Å². The highest BCUT2D eigenvalue weighted by atomic mass is 16.2. The fourth-order valence-corrected chi connectivity index (χ4v) is 4.38. The monoisotopic (exact) mass is 439 g/mol. The molecular formula is C27H29N5O. The van der Waals surface area contributed by atoms with Gasteiger partial charge < -0.3 is 9.47 Å². The summed E-state index contributed by atoms with van der Waals surface area (Å²) in [5, 5.41) is 4.84. The van der Waals surface area contributed by atoms with Crippen LogP contribution < -0.4 is 0 Å². The zero-order valence-corrected chi connectivity index (χ0v) is 19.2. The van der Waals surface area contributed by atoms with Gasteiger partial charge in [0.1, 0.15) is 11.4 Å². The van der Waals surface area contributed by atoms with Crippen molar-refractivity contribution >= 4 is 5.91 Å². The van der Waals surface area contributed by atoms with Gasteiger partial charge in [-0.2, -0.15) is 5.10 Å². The maximum absolute atomic E-state index is 13.6. The van der Waals surface area contributed by atoms with Crippen molar-refractivity contribution in [2.75, 3.05) is 26.2 Å². The van der Waals surface area contributed by atoms with Crippen molar-refractivity contribution in [1.29, 1.82) is 0 Å². The first-order valence-corrected chi connectivity index (χ1v) is 11.4. The molecule has 2 aromatic heterocycles. The lowest BCUT2D eigenvalue weighted by Crippen LogP contribution is -2.48. The fraction of sp³-hybridized carbons (Fsp3) is 0.259. The van der Waals surface area contributed by atoms with Gasteiger partial charge in [-0.05, 0) is 42.8 Å². The van der Waals surface area contributed by atoms with Crippen LogP contribution in [0.2, 0.25) is 0 Å². The third-order valence-electron chi connectivity index (χ3n) is 6.32. The second kappa shape index (κ2) is 9.08. The first-order valence-electron chi connectivity index (χ1n) is 11.4. The number of benzene rings is 2. The number of piperazine rings is 1. The van der Waals surface area contributed by atoms with E-state index in [0.717, 1.165) is 36.7 Å². The van der Waals surface area contributed by atoms with Crippen LogP contribution in [-0.2, 0) is 13.6 Å². The summed E-state index contributed by atoms with van der Waals surface area (Å²) in [6.07, 6.45) is 1.99. The number of nitrogens with zero attached hydrogens (tertiary/aromatic N) is 5. The van der Waals surface area contributed by atoms with E-state index in [-0.39, 0.29) is 5.91 Å². The van der Waals surface area contributed by atoms with Gasteiger partial charge in [-0.25, -0.2) is 4.68 Å². The van der Waals surface area contributed by atoms with Crippen molar-refractivity contribution in [3.05, 3.63) is 95.8 Å².